The molecule has 1 aromatic heterocycles. The molecule has 0 amide bonds. The number of methoxy groups -OCH3 is 1. The second kappa shape index (κ2) is 6.89. The number of nitrogens with zero attached hydrogens (tertiary/aromatic N) is 3. The number of aromatic nitrogens is 2. The zero-order chi connectivity index (χ0) is 19.3. The first kappa shape index (κ1) is 18.2. The van der Waals surface area contributed by atoms with E-state index in [0.717, 1.165) is 44.0 Å². The van der Waals surface area contributed by atoms with Gasteiger partial charge in [-0.15, -0.1) is 0 Å². The summed E-state index contributed by atoms with van der Waals surface area (Å²) >= 11 is 0. The molecule has 2 aromatic rings. The monoisotopic (exact) mass is 381 g/mol. The van der Waals surface area contributed by atoms with Gasteiger partial charge in [-0.3, -0.25) is 4.90 Å². The minimum Gasteiger partial charge on any atom is -0.496 e. The summed E-state index contributed by atoms with van der Waals surface area (Å²) in [6.45, 7) is 2.74. The van der Waals surface area contributed by atoms with Crippen LogP contribution < -0.4 is 4.74 Å². The van der Waals surface area contributed by atoms with Gasteiger partial charge in [0.25, 0.3) is 0 Å². The first-order valence-electron chi connectivity index (χ1n) is 10.7. The summed E-state index contributed by atoms with van der Waals surface area (Å²) in [6.07, 6.45) is 10.7. The Labute approximate surface area is 167 Å². The van der Waals surface area contributed by atoms with Crippen molar-refractivity contribution in [1.82, 2.24) is 14.5 Å². The van der Waals surface area contributed by atoms with Crippen LogP contribution in [0.1, 0.15) is 48.2 Å². The highest BCUT2D eigenvalue weighted by Crippen LogP contribution is 2.49. The first-order valence-corrected chi connectivity index (χ1v) is 10.7. The van der Waals surface area contributed by atoms with Crippen LogP contribution in [0.15, 0.2) is 24.5 Å². The largest absolute Gasteiger partial charge is 0.496 e. The van der Waals surface area contributed by atoms with Crippen LogP contribution in [0.4, 0.5) is 0 Å². The van der Waals surface area contributed by atoms with E-state index in [4.69, 9.17) is 4.74 Å². The van der Waals surface area contributed by atoms with E-state index in [2.05, 4.69) is 22.0 Å². The molecular formula is C23H31N3O2. The maximum absolute atomic E-state index is 11.8. The fourth-order valence-electron chi connectivity index (χ4n) is 6.00. The predicted molar refractivity (Wildman–Crippen MR) is 108 cm³/mol. The third kappa shape index (κ3) is 2.79. The van der Waals surface area contributed by atoms with Crippen LogP contribution in [0.3, 0.4) is 0 Å². The van der Waals surface area contributed by atoms with Gasteiger partial charge in [0.15, 0.2) is 0 Å². The molecule has 0 radical (unpaired) electrons. The number of piperidine rings is 1. The van der Waals surface area contributed by atoms with E-state index in [1.54, 1.807) is 7.11 Å². The van der Waals surface area contributed by atoms with Crippen LogP contribution in [0.2, 0.25) is 0 Å². The molecule has 2 aliphatic carbocycles. The Morgan fingerprint density at radius 3 is 2.50 bits per heavy atom. The van der Waals surface area contributed by atoms with Gasteiger partial charge < -0.3 is 14.4 Å². The van der Waals surface area contributed by atoms with Gasteiger partial charge in [-0.25, -0.2) is 4.98 Å². The minimum atomic E-state index is -0.797. The molecule has 1 saturated heterocycles. The molecule has 3 aliphatic rings. The molecule has 5 heteroatoms. The average Bonchev–Trinajstić information content (AvgIpc) is 3.30. The topological polar surface area (TPSA) is 50.5 Å². The molecule has 0 spiro atoms. The Kier molecular flexibility index (Phi) is 4.48. The van der Waals surface area contributed by atoms with Crippen LogP contribution in [-0.4, -0.2) is 39.8 Å². The number of rotatable bonds is 4. The van der Waals surface area contributed by atoms with Crippen LogP contribution in [0.5, 0.6) is 5.75 Å². The molecule has 2 fully saturated rings. The summed E-state index contributed by atoms with van der Waals surface area (Å²) in [7, 11) is 3.78. The van der Waals surface area contributed by atoms with Crippen molar-refractivity contribution < 1.29 is 9.84 Å². The number of imidazole rings is 1. The van der Waals surface area contributed by atoms with E-state index in [-0.39, 0.29) is 11.8 Å². The molecular weight excluding hydrogens is 350 g/mol. The summed E-state index contributed by atoms with van der Waals surface area (Å²) < 4.78 is 7.74. The molecule has 2 bridgehead atoms. The molecule has 1 saturated carbocycles. The number of benzene rings is 1. The molecule has 28 heavy (non-hydrogen) atoms. The number of ether oxygens (including phenoxy) is 1. The molecule has 1 N–H and O–H groups in total. The summed E-state index contributed by atoms with van der Waals surface area (Å²) in [6, 6.07) is 4.63. The molecule has 1 aliphatic heterocycles. The van der Waals surface area contributed by atoms with Crippen LogP contribution in [0, 0.1) is 11.8 Å². The highest BCUT2D eigenvalue weighted by atomic mass is 16.5. The number of hydrogen-bond acceptors (Lipinski definition) is 4. The zero-order valence-electron chi connectivity index (χ0n) is 17.0. The maximum atomic E-state index is 11.8. The van der Waals surface area contributed by atoms with E-state index in [1.807, 2.05) is 24.0 Å². The number of aryl methyl sites for hydroxylation is 3. The van der Waals surface area contributed by atoms with Crippen molar-refractivity contribution in [3.8, 4) is 5.75 Å². The van der Waals surface area contributed by atoms with E-state index < -0.39 is 5.60 Å². The van der Waals surface area contributed by atoms with Crippen LogP contribution in [-0.2, 0) is 32.0 Å². The third-order valence-electron chi connectivity index (χ3n) is 7.38. The summed E-state index contributed by atoms with van der Waals surface area (Å²) in [4.78, 5) is 7.08. The van der Waals surface area contributed by atoms with Gasteiger partial charge in [0.2, 0.25) is 0 Å². The Morgan fingerprint density at radius 1 is 1.14 bits per heavy atom. The Balaban J connectivity index is 1.41. The van der Waals surface area contributed by atoms with E-state index in [1.165, 1.54) is 42.4 Å². The molecule has 1 aromatic carbocycles. The highest BCUT2D eigenvalue weighted by molar-refractivity contribution is 5.45. The van der Waals surface area contributed by atoms with Crippen molar-refractivity contribution in [2.75, 3.05) is 20.2 Å². The average molecular weight is 382 g/mol. The van der Waals surface area contributed by atoms with Crippen molar-refractivity contribution in [2.24, 2.45) is 18.9 Å². The Bertz CT molecular complexity index is 861. The van der Waals surface area contributed by atoms with Gasteiger partial charge in [0.1, 0.15) is 17.2 Å². The van der Waals surface area contributed by atoms with Crippen molar-refractivity contribution >= 4 is 0 Å². The zero-order valence-corrected chi connectivity index (χ0v) is 17.0. The predicted octanol–water partition coefficient (Wildman–Crippen LogP) is 3.04. The van der Waals surface area contributed by atoms with Gasteiger partial charge >= 0.3 is 0 Å². The normalized spacial score (nSPS) is 29.7. The number of fused-ring (bicyclic) bond motifs is 3. The molecule has 2 heterocycles. The number of aliphatic hydroxyl groups is 1. The Hall–Kier alpha value is -1.85. The fraction of sp³-hybridized carbons (Fsp3) is 0.609. The molecule has 2 atom stereocenters. The van der Waals surface area contributed by atoms with Gasteiger partial charge in [-0.05, 0) is 49.3 Å². The lowest BCUT2D eigenvalue weighted by molar-refractivity contribution is -0.155. The third-order valence-corrected chi connectivity index (χ3v) is 7.38. The minimum absolute atomic E-state index is 0.238. The summed E-state index contributed by atoms with van der Waals surface area (Å²) in [5, 5.41) is 11.8. The van der Waals surface area contributed by atoms with E-state index in [9.17, 15) is 5.11 Å². The summed E-state index contributed by atoms with van der Waals surface area (Å²) in [5.41, 5.74) is 3.45. The lowest BCUT2D eigenvalue weighted by Crippen LogP contribution is -2.58. The van der Waals surface area contributed by atoms with E-state index >= 15 is 0 Å². The van der Waals surface area contributed by atoms with Gasteiger partial charge in [-0.2, -0.15) is 0 Å². The second-order valence-corrected chi connectivity index (χ2v) is 8.99. The van der Waals surface area contributed by atoms with Crippen molar-refractivity contribution in [2.45, 2.75) is 50.7 Å². The maximum Gasteiger partial charge on any atom is 0.141 e. The van der Waals surface area contributed by atoms with Crippen molar-refractivity contribution in [1.29, 1.82) is 0 Å². The van der Waals surface area contributed by atoms with E-state index in [0.29, 0.717) is 0 Å². The second-order valence-electron chi connectivity index (χ2n) is 8.99. The molecule has 5 nitrogen and oxygen atoms in total. The van der Waals surface area contributed by atoms with Gasteiger partial charge in [0, 0.05) is 56.5 Å². The fourth-order valence-corrected chi connectivity index (χ4v) is 6.00. The standard InChI is InChI=1S/C23H31N3O2/c1-25-10-9-24-22(25)23(27)19-7-4-8-20(23)15-26(14-19)13-18-11-16-5-3-6-17(16)12-21(18)28-2/h9-12,19-20,27H,3-8,13-15H2,1-2H3. The SMILES string of the molecule is COc1cc2c(cc1CN1CC3CCCC(C1)C3(O)c1nccn1C)CCC2. The lowest BCUT2D eigenvalue weighted by Gasteiger charge is -2.52. The lowest BCUT2D eigenvalue weighted by atomic mass is 9.65. The summed E-state index contributed by atoms with van der Waals surface area (Å²) in [5.74, 6) is 2.34. The number of likely N-dealkylation sites (tertiary alicyclic amines) is 1. The molecule has 150 valence electrons. The van der Waals surface area contributed by atoms with Gasteiger partial charge in [-0.1, -0.05) is 12.5 Å². The van der Waals surface area contributed by atoms with Crippen molar-refractivity contribution in [3.63, 3.8) is 0 Å². The van der Waals surface area contributed by atoms with Gasteiger partial charge in [0.05, 0.1) is 7.11 Å². The smallest absolute Gasteiger partial charge is 0.141 e. The molecule has 2 unspecified atom stereocenters. The number of hydrogen-bond donors (Lipinski definition) is 1. The molecule has 5 rings (SSSR count). The quantitative estimate of drug-likeness (QED) is 0.884. The van der Waals surface area contributed by atoms with Crippen LogP contribution in [0.25, 0.3) is 0 Å². The first-order chi connectivity index (χ1) is 13.6. The van der Waals surface area contributed by atoms with Crippen LogP contribution >= 0.6 is 0 Å². The highest BCUT2D eigenvalue weighted by Gasteiger charge is 2.53. The Morgan fingerprint density at radius 2 is 1.86 bits per heavy atom. The van der Waals surface area contributed by atoms with Crippen molar-refractivity contribution in [3.05, 3.63) is 47.0 Å².